The minimum Gasteiger partial charge on any atom is -0.497 e. The van der Waals surface area contributed by atoms with Crippen LogP contribution in [0.2, 0.25) is 0 Å². The SMILES string of the molecule is COc1cccc(C(C)NC(=O)Cn2c(C)cc3nc(SC)n(CC(C)C)c(=O)c32)c1. The molecule has 1 N–H and O–H groups in total. The fraction of sp³-hybridized carbons (Fsp3) is 0.435. The first-order valence-corrected chi connectivity index (χ1v) is 11.6. The number of carbonyl (C=O) groups excluding carboxylic acids is 1. The summed E-state index contributed by atoms with van der Waals surface area (Å²) in [4.78, 5) is 30.8. The summed E-state index contributed by atoms with van der Waals surface area (Å²) >= 11 is 1.46. The van der Waals surface area contributed by atoms with Crippen LogP contribution in [0.25, 0.3) is 11.0 Å². The average molecular weight is 443 g/mol. The largest absolute Gasteiger partial charge is 0.497 e. The van der Waals surface area contributed by atoms with Crippen molar-refractivity contribution in [2.24, 2.45) is 5.92 Å². The lowest BCUT2D eigenvalue weighted by Crippen LogP contribution is -2.32. The molecular weight excluding hydrogens is 412 g/mol. The number of benzene rings is 1. The zero-order valence-corrected chi connectivity index (χ0v) is 19.7. The van der Waals surface area contributed by atoms with Crippen molar-refractivity contribution in [1.82, 2.24) is 19.4 Å². The van der Waals surface area contributed by atoms with E-state index >= 15 is 0 Å². The van der Waals surface area contributed by atoms with E-state index in [0.717, 1.165) is 17.0 Å². The number of ether oxygens (including phenoxy) is 1. The molecule has 0 aliphatic rings. The van der Waals surface area contributed by atoms with E-state index in [9.17, 15) is 9.59 Å². The number of nitrogens with zero attached hydrogens (tertiary/aromatic N) is 3. The molecule has 0 aliphatic carbocycles. The number of amides is 1. The van der Waals surface area contributed by atoms with Crippen LogP contribution in [0.4, 0.5) is 0 Å². The topological polar surface area (TPSA) is 78.2 Å². The van der Waals surface area contributed by atoms with Crippen LogP contribution in [-0.4, -0.2) is 33.4 Å². The van der Waals surface area contributed by atoms with Crippen molar-refractivity contribution in [3.63, 3.8) is 0 Å². The van der Waals surface area contributed by atoms with Crippen LogP contribution in [0.3, 0.4) is 0 Å². The lowest BCUT2D eigenvalue weighted by Gasteiger charge is -2.17. The minimum absolute atomic E-state index is 0.0564. The van der Waals surface area contributed by atoms with E-state index in [1.807, 2.05) is 50.4 Å². The van der Waals surface area contributed by atoms with Crippen molar-refractivity contribution in [1.29, 1.82) is 0 Å². The highest BCUT2D eigenvalue weighted by Crippen LogP contribution is 2.21. The lowest BCUT2D eigenvalue weighted by molar-refractivity contribution is -0.122. The van der Waals surface area contributed by atoms with Crippen LogP contribution in [0.15, 0.2) is 40.3 Å². The second kappa shape index (κ2) is 9.60. The lowest BCUT2D eigenvalue weighted by atomic mass is 10.1. The molecule has 3 aromatic rings. The standard InChI is InChI=1S/C23H30N4O3S/c1-14(2)12-27-22(29)21-19(25-23(27)31-6)10-15(3)26(21)13-20(28)24-16(4)17-8-7-9-18(11-17)30-5/h7-11,14,16H,12-13H2,1-6H3,(H,24,28). The molecule has 31 heavy (non-hydrogen) atoms. The van der Waals surface area contributed by atoms with Gasteiger partial charge in [-0.15, -0.1) is 0 Å². The van der Waals surface area contributed by atoms with Gasteiger partial charge in [0.15, 0.2) is 5.16 Å². The molecule has 166 valence electrons. The molecule has 0 saturated carbocycles. The molecule has 0 radical (unpaired) electrons. The predicted octanol–water partition coefficient (Wildman–Crippen LogP) is 3.77. The van der Waals surface area contributed by atoms with Gasteiger partial charge in [-0.2, -0.15) is 0 Å². The molecule has 0 aliphatic heterocycles. The number of aryl methyl sites for hydroxylation is 1. The molecule has 0 spiro atoms. The Bertz CT molecular complexity index is 1150. The summed E-state index contributed by atoms with van der Waals surface area (Å²) in [7, 11) is 1.62. The maximum Gasteiger partial charge on any atom is 0.278 e. The number of rotatable bonds is 8. The van der Waals surface area contributed by atoms with E-state index in [2.05, 4.69) is 24.1 Å². The van der Waals surface area contributed by atoms with Crippen LogP contribution in [-0.2, 0) is 17.9 Å². The fourth-order valence-electron chi connectivity index (χ4n) is 3.66. The van der Waals surface area contributed by atoms with E-state index < -0.39 is 0 Å². The summed E-state index contributed by atoms with van der Waals surface area (Å²) < 4.78 is 8.74. The van der Waals surface area contributed by atoms with Gasteiger partial charge in [-0.1, -0.05) is 37.7 Å². The smallest absolute Gasteiger partial charge is 0.278 e. The summed E-state index contributed by atoms with van der Waals surface area (Å²) in [5.41, 5.74) is 2.77. The molecule has 1 aromatic carbocycles. The van der Waals surface area contributed by atoms with Gasteiger partial charge in [0, 0.05) is 12.2 Å². The molecule has 1 amide bonds. The van der Waals surface area contributed by atoms with Gasteiger partial charge in [-0.25, -0.2) is 4.98 Å². The number of aromatic nitrogens is 3. The van der Waals surface area contributed by atoms with E-state index in [-0.39, 0.29) is 24.1 Å². The summed E-state index contributed by atoms with van der Waals surface area (Å²) in [5.74, 6) is 0.881. The molecule has 0 saturated heterocycles. The average Bonchev–Trinajstić information content (AvgIpc) is 3.04. The van der Waals surface area contributed by atoms with Crippen molar-refractivity contribution in [2.75, 3.05) is 13.4 Å². The fourth-order valence-corrected chi connectivity index (χ4v) is 4.23. The van der Waals surface area contributed by atoms with Gasteiger partial charge in [-0.3, -0.25) is 14.2 Å². The van der Waals surface area contributed by atoms with Gasteiger partial charge in [0.1, 0.15) is 17.8 Å². The second-order valence-electron chi connectivity index (χ2n) is 8.08. The monoisotopic (exact) mass is 442 g/mol. The first-order valence-electron chi connectivity index (χ1n) is 10.3. The molecule has 2 heterocycles. The quantitative estimate of drug-likeness (QED) is 0.424. The van der Waals surface area contributed by atoms with Crippen molar-refractivity contribution < 1.29 is 9.53 Å². The highest BCUT2D eigenvalue weighted by atomic mass is 32.2. The number of nitrogens with one attached hydrogen (secondary N) is 1. The Morgan fingerprint density at radius 3 is 2.61 bits per heavy atom. The Morgan fingerprint density at radius 2 is 1.97 bits per heavy atom. The van der Waals surface area contributed by atoms with Crippen molar-refractivity contribution in [3.05, 3.63) is 51.9 Å². The Balaban J connectivity index is 1.90. The Kier molecular flexibility index (Phi) is 7.10. The van der Waals surface area contributed by atoms with E-state index in [0.29, 0.717) is 28.7 Å². The number of carbonyl (C=O) groups is 1. The highest BCUT2D eigenvalue weighted by molar-refractivity contribution is 7.98. The third-order valence-electron chi connectivity index (χ3n) is 5.18. The Hall–Kier alpha value is -2.74. The van der Waals surface area contributed by atoms with Crippen LogP contribution < -0.4 is 15.6 Å². The van der Waals surface area contributed by atoms with Gasteiger partial charge >= 0.3 is 0 Å². The third kappa shape index (κ3) is 4.95. The van der Waals surface area contributed by atoms with Gasteiger partial charge in [-0.05, 0) is 49.8 Å². The molecule has 7 nitrogen and oxygen atoms in total. The first kappa shape index (κ1) is 22.9. The number of thioether (sulfide) groups is 1. The first-order chi connectivity index (χ1) is 14.7. The number of methoxy groups -OCH3 is 1. The van der Waals surface area contributed by atoms with Gasteiger partial charge in [0.25, 0.3) is 5.56 Å². The Labute approximate surface area is 186 Å². The summed E-state index contributed by atoms with van der Waals surface area (Å²) in [6, 6.07) is 9.29. The molecule has 3 rings (SSSR count). The predicted molar refractivity (Wildman–Crippen MR) is 125 cm³/mol. The number of hydrogen-bond acceptors (Lipinski definition) is 5. The van der Waals surface area contributed by atoms with Crippen LogP contribution >= 0.6 is 11.8 Å². The van der Waals surface area contributed by atoms with E-state index in [1.54, 1.807) is 16.2 Å². The minimum atomic E-state index is -0.191. The molecule has 8 heteroatoms. The summed E-state index contributed by atoms with van der Waals surface area (Å²) in [6.07, 6.45) is 1.92. The maximum absolute atomic E-state index is 13.3. The zero-order valence-electron chi connectivity index (χ0n) is 18.9. The van der Waals surface area contributed by atoms with Crippen LogP contribution in [0.5, 0.6) is 5.75 Å². The molecule has 0 fully saturated rings. The second-order valence-corrected chi connectivity index (χ2v) is 8.85. The normalized spacial score (nSPS) is 12.4. The Morgan fingerprint density at radius 1 is 1.23 bits per heavy atom. The molecule has 1 atom stereocenters. The molecule has 2 aromatic heterocycles. The van der Waals surface area contributed by atoms with E-state index in [4.69, 9.17) is 4.74 Å². The van der Waals surface area contributed by atoms with Gasteiger partial charge in [0.2, 0.25) is 5.91 Å². The highest BCUT2D eigenvalue weighted by Gasteiger charge is 2.19. The number of hydrogen-bond donors (Lipinski definition) is 1. The van der Waals surface area contributed by atoms with Crippen molar-refractivity contribution >= 4 is 28.7 Å². The third-order valence-corrected chi connectivity index (χ3v) is 5.86. The zero-order chi connectivity index (χ0) is 22.7. The molecule has 0 bridgehead atoms. The molecule has 1 unspecified atom stereocenters. The number of fused-ring (bicyclic) bond motifs is 1. The van der Waals surface area contributed by atoms with Gasteiger partial charge < -0.3 is 14.6 Å². The van der Waals surface area contributed by atoms with Crippen molar-refractivity contribution in [3.8, 4) is 5.75 Å². The van der Waals surface area contributed by atoms with E-state index in [1.165, 1.54) is 11.8 Å². The van der Waals surface area contributed by atoms with Crippen molar-refractivity contribution in [2.45, 2.75) is 52.0 Å². The summed E-state index contributed by atoms with van der Waals surface area (Å²) in [6.45, 7) is 8.60. The van der Waals surface area contributed by atoms with Crippen LogP contribution in [0.1, 0.15) is 38.1 Å². The summed E-state index contributed by atoms with van der Waals surface area (Å²) in [5, 5.41) is 3.71. The maximum atomic E-state index is 13.3. The molecular formula is C23H30N4O3S. The van der Waals surface area contributed by atoms with Gasteiger partial charge in [0.05, 0.1) is 18.7 Å². The van der Waals surface area contributed by atoms with Crippen LogP contribution in [0, 0.1) is 12.8 Å².